The summed E-state index contributed by atoms with van der Waals surface area (Å²) in [7, 11) is 2.04. The molecule has 0 heterocycles. The van der Waals surface area contributed by atoms with E-state index in [1.165, 1.54) is 5.57 Å². The van der Waals surface area contributed by atoms with Gasteiger partial charge in [0.15, 0.2) is 5.78 Å². The van der Waals surface area contributed by atoms with Crippen LogP contribution in [0.3, 0.4) is 0 Å². The minimum atomic E-state index is 0.171. The Labute approximate surface area is 146 Å². The van der Waals surface area contributed by atoms with Gasteiger partial charge in [-0.25, -0.2) is 0 Å². The first-order valence-corrected chi connectivity index (χ1v) is 8.36. The van der Waals surface area contributed by atoms with Crippen molar-refractivity contribution in [3.05, 3.63) is 66.3 Å². The predicted octanol–water partition coefficient (Wildman–Crippen LogP) is 4.67. The molecular weight excluding hydrogens is 298 g/mol. The van der Waals surface area contributed by atoms with Gasteiger partial charge < -0.3 is 4.74 Å². The van der Waals surface area contributed by atoms with Gasteiger partial charge in [0.1, 0.15) is 12.4 Å². The van der Waals surface area contributed by atoms with Crippen molar-refractivity contribution in [2.75, 3.05) is 26.7 Å². The lowest BCUT2D eigenvalue weighted by Crippen LogP contribution is -2.17. The summed E-state index contributed by atoms with van der Waals surface area (Å²) in [5.41, 5.74) is 1.99. The molecule has 0 spiro atoms. The van der Waals surface area contributed by atoms with Crippen LogP contribution in [0.1, 0.15) is 37.0 Å². The number of carbonyl (C=O) groups excluding carboxylic acids is 1. The number of ketones is 1. The zero-order chi connectivity index (χ0) is 17.8. The van der Waals surface area contributed by atoms with E-state index in [0.717, 1.165) is 30.8 Å². The molecule has 0 aliphatic rings. The van der Waals surface area contributed by atoms with Crippen LogP contribution in [0.5, 0.6) is 5.75 Å². The molecule has 0 aromatic heterocycles. The summed E-state index contributed by atoms with van der Waals surface area (Å²) in [6.45, 7) is 10.1. The van der Waals surface area contributed by atoms with E-state index in [1.54, 1.807) is 0 Å². The Kier molecular flexibility index (Phi) is 9.47. The minimum absolute atomic E-state index is 0.171. The zero-order valence-electron chi connectivity index (χ0n) is 15.1. The van der Waals surface area contributed by atoms with Crippen LogP contribution in [0.25, 0.3) is 0 Å². The fraction of sp³-hybridized carbons (Fsp3) is 0.381. The molecule has 0 radical (unpaired) electrons. The highest BCUT2D eigenvalue weighted by Gasteiger charge is 2.04. The van der Waals surface area contributed by atoms with Gasteiger partial charge in [-0.1, -0.05) is 29.9 Å². The summed E-state index contributed by atoms with van der Waals surface area (Å²) in [6, 6.07) is 7.38. The maximum absolute atomic E-state index is 12.1. The standard InChI is InChI=1S/C21H29NO2/c1-5-15-22(4)16-6-7-17-24-20-13-11-19(12-14-20)21(23)10-8-9-18(2)3/h5-7,9,11-14H,1,8,10,15-17H2,2-4H3/b7-6+. The van der Waals surface area contributed by atoms with Gasteiger partial charge in [-0.2, -0.15) is 0 Å². The number of hydrogen-bond acceptors (Lipinski definition) is 3. The summed E-state index contributed by atoms with van der Waals surface area (Å²) >= 11 is 0. The molecule has 0 atom stereocenters. The van der Waals surface area contributed by atoms with E-state index in [1.807, 2.05) is 57.3 Å². The van der Waals surface area contributed by atoms with Crippen LogP contribution in [0, 0.1) is 0 Å². The first-order chi connectivity index (χ1) is 11.5. The van der Waals surface area contributed by atoms with E-state index >= 15 is 0 Å². The lowest BCUT2D eigenvalue weighted by atomic mass is 10.1. The summed E-state index contributed by atoms with van der Waals surface area (Å²) in [6.07, 6.45) is 9.39. The molecular formula is C21H29NO2. The Bertz CT molecular complexity index is 566. The Morgan fingerprint density at radius 2 is 1.88 bits per heavy atom. The molecule has 3 heteroatoms. The number of Topliss-reactive ketones (excluding diaryl/α,β-unsaturated/α-hetero) is 1. The lowest BCUT2D eigenvalue weighted by molar-refractivity contribution is 0.0983. The van der Waals surface area contributed by atoms with E-state index in [4.69, 9.17) is 4.74 Å². The second kappa shape index (κ2) is 11.4. The number of allylic oxidation sites excluding steroid dienone is 2. The van der Waals surface area contributed by atoms with Gasteiger partial charge in [0.25, 0.3) is 0 Å². The van der Waals surface area contributed by atoms with Gasteiger partial charge in [-0.05, 0) is 51.6 Å². The number of carbonyl (C=O) groups is 1. The molecule has 1 aromatic carbocycles. The van der Waals surface area contributed by atoms with E-state index in [-0.39, 0.29) is 5.78 Å². The van der Waals surface area contributed by atoms with Crippen molar-refractivity contribution in [1.82, 2.24) is 4.90 Å². The summed E-state index contributed by atoms with van der Waals surface area (Å²) < 4.78 is 5.65. The number of rotatable bonds is 11. The lowest BCUT2D eigenvalue weighted by Gasteiger charge is -2.10. The van der Waals surface area contributed by atoms with Gasteiger partial charge in [0.05, 0.1) is 0 Å². The molecule has 130 valence electrons. The van der Waals surface area contributed by atoms with Crippen LogP contribution >= 0.6 is 0 Å². The van der Waals surface area contributed by atoms with E-state index in [0.29, 0.717) is 13.0 Å². The fourth-order valence-corrected chi connectivity index (χ4v) is 2.14. The Balaban J connectivity index is 2.36. The smallest absolute Gasteiger partial charge is 0.163 e. The van der Waals surface area contributed by atoms with Gasteiger partial charge in [0.2, 0.25) is 0 Å². The molecule has 24 heavy (non-hydrogen) atoms. The van der Waals surface area contributed by atoms with Crippen LogP contribution in [0.4, 0.5) is 0 Å². The molecule has 0 fully saturated rings. The van der Waals surface area contributed by atoms with E-state index < -0.39 is 0 Å². The third kappa shape index (κ3) is 8.49. The molecule has 0 bridgehead atoms. The average Bonchev–Trinajstić information content (AvgIpc) is 2.55. The minimum Gasteiger partial charge on any atom is -0.490 e. The van der Waals surface area contributed by atoms with Gasteiger partial charge in [-0.3, -0.25) is 9.69 Å². The average molecular weight is 327 g/mol. The van der Waals surface area contributed by atoms with Crippen LogP contribution in [-0.2, 0) is 0 Å². The van der Waals surface area contributed by atoms with Crippen molar-refractivity contribution in [3.63, 3.8) is 0 Å². The zero-order valence-corrected chi connectivity index (χ0v) is 15.1. The molecule has 0 aliphatic heterocycles. The summed E-state index contributed by atoms with van der Waals surface area (Å²) in [5.74, 6) is 0.948. The third-order valence-corrected chi connectivity index (χ3v) is 3.47. The third-order valence-electron chi connectivity index (χ3n) is 3.47. The van der Waals surface area contributed by atoms with Crippen LogP contribution < -0.4 is 4.74 Å². The SMILES string of the molecule is C=CCN(C)C/C=C/COc1ccc(C(=O)CCC=C(C)C)cc1. The van der Waals surface area contributed by atoms with Crippen molar-refractivity contribution in [1.29, 1.82) is 0 Å². The highest BCUT2D eigenvalue weighted by atomic mass is 16.5. The van der Waals surface area contributed by atoms with Crippen molar-refractivity contribution in [2.24, 2.45) is 0 Å². The van der Waals surface area contributed by atoms with Crippen LogP contribution in [0.15, 0.2) is 60.7 Å². The van der Waals surface area contributed by atoms with Crippen LogP contribution in [-0.4, -0.2) is 37.4 Å². The molecule has 0 saturated heterocycles. The summed E-state index contributed by atoms with van der Waals surface area (Å²) in [5, 5.41) is 0. The Morgan fingerprint density at radius 3 is 2.50 bits per heavy atom. The summed E-state index contributed by atoms with van der Waals surface area (Å²) in [4.78, 5) is 14.2. The van der Waals surface area contributed by atoms with Crippen molar-refractivity contribution >= 4 is 5.78 Å². The van der Waals surface area contributed by atoms with Gasteiger partial charge in [-0.15, -0.1) is 6.58 Å². The highest BCUT2D eigenvalue weighted by Crippen LogP contribution is 2.14. The van der Waals surface area contributed by atoms with Crippen molar-refractivity contribution in [2.45, 2.75) is 26.7 Å². The molecule has 0 amide bonds. The number of nitrogens with zero attached hydrogens (tertiary/aromatic N) is 1. The largest absolute Gasteiger partial charge is 0.490 e. The first-order valence-electron chi connectivity index (χ1n) is 8.36. The second-order valence-corrected chi connectivity index (χ2v) is 6.06. The quantitative estimate of drug-likeness (QED) is 0.437. The monoisotopic (exact) mass is 327 g/mol. The van der Waals surface area contributed by atoms with Gasteiger partial charge >= 0.3 is 0 Å². The molecule has 3 nitrogen and oxygen atoms in total. The second-order valence-electron chi connectivity index (χ2n) is 6.06. The molecule has 0 saturated carbocycles. The molecule has 0 aliphatic carbocycles. The first kappa shape index (κ1) is 19.9. The molecule has 0 N–H and O–H groups in total. The Morgan fingerprint density at radius 1 is 1.17 bits per heavy atom. The normalized spacial score (nSPS) is 10.8. The predicted molar refractivity (Wildman–Crippen MR) is 102 cm³/mol. The molecule has 0 unspecified atom stereocenters. The number of likely N-dealkylation sites (N-methyl/N-ethyl adjacent to an activating group) is 1. The number of ether oxygens (including phenoxy) is 1. The number of benzene rings is 1. The molecule has 1 rings (SSSR count). The highest BCUT2D eigenvalue weighted by molar-refractivity contribution is 5.96. The van der Waals surface area contributed by atoms with E-state index in [9.17, 15) is 4.79 Å². The van der Waals surface area contributed by atoms with Gasteiger partial charge in [0, 0.05) is 25.1 Å². The van der Waals surface area contributed by atoms with Crippen molar-refractivity contribution < 1.29 is 9.53 Å². The topological polar surface area (TPSA) is 29.5 Å². The maximum Gasteiger partial charge on any atom is 0.163 e. The fourth-order valence-electron chi connectivity index (χ4n) is 2.14. The molecule has 1 aromatic rings. The maximum atomic E-state index is 12.1. The Hall–Kier alpha value is -2.13. The van der Waals surface area contributed by atoms with Crippen LogP contribution in [0.2, 0.25) is 0 Å². The van der Waals surface area contributed by atoms with Crippen molar-refractivity contribution in [3.8, 4) is 5.75 Å². The number of hydrogen-bond donors (Lipinski definition) is 0. The van der Waals surface area contributed by atoms with E-state index in [2.05, 4.69) is 23.6 Å².